The number of nitrogens with one attached hydrogen (secondary N) is 2. The fourth-order valence-electron chi connectivity index (χ4n) is 2.58. The summed E-state index contributed by atoms with van der Waals surface area (Å²) in [6, 6.07) is 0. The fraction of sp³-hybridized carbons (Fsp3) is 0.600. The van der Waals surface area contributed by atoms with Gasteiger partial charge in [-0.05, 0) is 19.8 Å². The van der Waals surface area contributed by atoms with Crippen LogP contribution in [0.3, 0.4) is 0 Å². The number of H-pyrrole nitrogens is 1. The molecule has 0 saturated heterocycles. The number of aliphatic imine (C=N–C) groups is 1. The number of nitrogens with zero attached hydrogens (tertiary/aromatic N) is 2. The van der Waals surface area contributed by atoms with Crippen LogP contribution in [0, 0.1) is 0 Å². The molecule has 2 N–H and O–H groups in total. The second kappa shape index (κ2) is 8.30. The van der Waals surface area contributed by atoms with Crippen molar-refractivity contribution in [2.75, 3.05) is 13.2 Å². The van der Waals surface area contributed by atoms with Crippen molar-refractivity contribution < 1.29 is 19.1 Å². The number of imidazole rings is 1. The third-order valence-electron chi connectivity index (χ3n) is 3.59. The molecule has 126 valence electrons. The number of amidine groups is 1. The van der Waals surface area contributed by atoms with Crippen LogP contribution in [0.4, 0.5) is 10.6 Å². The molecule has 0 radical (unpaired) electrons. The zero-order valence-electron chi connectivity index (χ0n) is 13.4. The van der Waals surface area contributed by atoms with E-state index in [0.29, 0.717) is 11.7 Å². The van der Waals surface area contributed by atoms with Crippen molar-refractivity contribution in [3.8, 4) is 0 Å². The molecule has 1 aliphatic rings. The zero-order chi connectivity index (χ0) is 16.7. The number of aromatic amines is 1. The quantitative estimate of drug-likeness (QED) is 0.492. The molecule has 0 atom stereocenters. The number of ether oxygens (including phenoxy) is 2. The van der Waals surface area contributed by atoms with Gasteiger partial charge in [0.15, 0.2) is 11.7 Å². The van der Waals surface area contributed by atoms with Crippen LogP contribution in [0.2, 0.25) is 0 Å². The van der Waals surface area contributed by atoms with Crippen molar-refractivity contribution in [2.24, 2.45) is 4.99 Å². The Morgan fingerprint density at radius 3 is 2.78 bits per heavy atom. The smallest absolute Gasteiger partial charge is 0.412 e. The van der Waals surface area contributed by atoms with Crippen molar-refractivity contribution in [2.45, 2.75) is 45.4 Å². The number of carbonyl (C=O) groups excluding carboxylic acids is 2. The van der Waals surface area contributed by atoms with E-state index in [4.69, 9.17) is 9.47 Å². The van der Waals surface area contributed by atoms with E-state index in [-0.39, 0.29) is 19.0 Å². The van der Waals surface area contributed by atoms with Crippen LogP contribution in [0.1, 0.15) is 51.1 Å². The van der Waals surface area contributed by atoms with Crippen molar-refractivity contribution in [3.63, 3.8) is 0 Å². The summed E-state index contributed by atoms with van der Waals surface area (Å²) in [7, 11) is 0. The summed E-state index contributed by atoms with van der Waals surface area (Å²) in [6.45, 7) is 3.09. The minimum absolute atomic E-state index is 0.148. The molecule has 8 nitrogen and oxygen atoms in total. The molecule has 1 aromatic rings. The van der Waals surface area contributed by atoms with Crippen LogP contribution in [0.15, 0.2) is 11.3 Å². The van der Waals surface area contributed by atoms with E-state index < -0.39 is 12.1 Å². The SMILES string of the molecule is CCOC(=O)NC(COC(C)=O)=Nc1nc[nH]c1C1CCCC1. The molecule has 1 fully saturated rings. The summed E-state index contributed by atoms with van der Waals surface area (Å²) in [5.74, 6) is 0.635. The number of esters is 1. The normalized spacial score (nSPS) is 15.5. The molecule has 1 aromatic heterocycles. The third kappa shape index (κ3) is 5.08. The molecule has 1 heterocycles. The summed E-state index contributed by atoms with van der Waals surface area (Å²) in [6.07, 6.45) is 5.50. The molecule has 0 aliphatic heterocycles. The lowest BCUT2D eigenvalue weighted by Crippen LogP contribution is -2.34. The largest absolute Gasteiger partial charge is 0.458 e. The molecule has 1 amide bonds. The highest BCUT2D eigenvalue weighted by molar-refractivity contribution is 5.98. The zero-order valence-corrected chi connectivity index (χ0v) is 13.4. The van der Waals surface area contributed by atoms with Gasteiger partial charge in [0.05, 0.1) is 18.6 Å². The predicted molar refractivity (Wildman–Crippen MR) is 83.7 cm³/mol. The van der Waals surface area contributed by atoms with Crippen LogP contribution in [-0.4, -0.2) is 41.1 Å². The number of carbonyl (C=O) groups is 2. The summed E-state index contributed by atoms with van der Waals surface area (Å²) in [5.41, 5.74) is 0.952. The Morgan fingerprint density at radius 2 is 2.13 bits per heavy atom. The van der Waals surface area contributed by atoms with Gasteiger partial charge < -0.3 is 14.5 Å². The molecule has 0 aromatic carbocycles. The van der Waals surface area contributed by atoms with Crippen molar-refractivity contribution in [3.05, 3.63) is 12.0 Å². The lowest BCUT2D eigenvalue weighted by molar-refractivity contribution is -0.139. The molecule has 23 heavy (non-hydrogen) atoms. The molecule has 0 spiro atoms. The minimum atomic E-state index is -0.642. The van der Waals surface area contributed by atoms with Gasteiger partial charge in [-0.2, -0.15) is 0 Å². The monoisotopic (exact) mass is 322 g/mol. The maximum atomic E-state index is 11.6. The van der Waals surface area contributed by atoms with Gasteiger partial charge in [0.1, 0.15) is 6.61 Å². The van der Waals surface area contributed by atoms with Crippen LogP contribution < -0.4 is 5.32 Å². The minimum Gasteiger partial charge on any atom is -0.458 e. The van der Waals surface area contributed by atoms with E-state index in [0.717, 1.165) is 18.5 Å². The summed E-state index contributed by atoms with van der Waals surface area (Å²) in [5, 5.41) is 2.49. The van der Waals surface area contributed by atoms with Gasteiger partial charge >= 0.3 is 12.1 Å². The Balaban J connectivity index is 2.16. The van der Waals surface area contributed by atoms with E-state index in [1.54, 1.807) is 13.3 Å². The predicted octanol–water partition coefficient (Wildman–Crippen LogP) is 2.41. The van der Waals surface area contributed by atoms with Gasteiger partial charge in [0.25, 0.3) is 0 Å². The first-order valence-electron chi connectivity index (χ1n) is 7.78. The maximum Gasteiger partial charge on any atom is 0.412 e. The van der Waals surface area contributed by atoms with Crippen molar-refractivity contribution >= 4 is 23.7 Å². The molecule has 0 bridgehead atoms. The molecular formula is C15H22N4O4. The highest BCUT2D eigenvalue weighted by Gasteiger charge is 2.22. The Bertz CT molecular complexity index is 576. The third-order valence-corrected chi connectivity index (χ3v) is 3.59. The maximum absolute atomic E-state index is 11.6. The molecule has 8 heteroatoms. The number of hydrogen-bond donors (Lipinski definition) is 2. The number of amides is 1. The highest BCUT2D eigenvalue weighted by atomic mass is 16.6. The van der Waals surface area contributed by atoms with E-state index >= 15 is 0 Å². The van der Waals surface area contributed by atoms with Crippen molar-refractivity contribution in [1.82, 2.24) is 15.3 Å². The summed E-state index contributed by atoms with van der Waals surface area (Å²) < 4.78 is 9.75. The average molecular weight is 322 g/mol. The van der Waals surface area contributed by atoms with E-state index in [9.17, 15) is 9.59 Å². The van der Waals surface area contributed by atoms with E-state index in [2.05, 4.69) is 20.3 Å². The van der Waals surface area contributed by atoms with Crippen LogP contribution in [0.5, 0.6) is 0 Å². The number of alkyl carbamates (subject to hydrolysis) is 1. The Hall–Kier alpha value is -2.38. The van der Waals surface area contributed by atoms with Crippen LogP contribution in [-0.2, 0) is 14.3 Å². The molecular weight excluding hydrogens is 300 g/mol. The lowest BCUT2D eigenvalue weighted by Gasteiger charge is -2.10. The molecule has 1 aliphatic carbocycles. The van der Waals surface area contributed by atoms with E-state index in [1.807, 2.05) is 0 Å². The fourth-order valence-corrected chi connectivity index (χ4v) is 2.58. The molecule has 1 saturated carbocycles. The first-order valence-corrected chi connectivity index (χ1v) is 7.78. The second-order valence-electron chi connectivity index (χ2n) is 5.31. The van der Waals surface area contributed by atoms with Crippen LogP contribution >= 0.6 is 0 Å². The summed E-state index contributed by atoms with van der Waals surface area (Å²) >= 11 is 0. The first-order chi connectivity index (χ1) is 11.1. The van der Waals surface area contributed by atoms with Gasteiger partial charge in [-0.25, -0.2) is 14.8 Å². The average Bonchev–Trinajstić information content (AvgIpc) is 3.15. The number of aromatic nitrogens is 2. The Labute approximate surface area is 134 Å². The Kier molecular flexibility index (Phi) is 6.13. The second-order valence-corrected chi connectivity index (χ2v) is 5.31. The summed E-state index contributed by atoms with van der Waals surface area (Å²) in [4.78, 5) is 34.3. The molecule has 0 unspecified atom stereocenters. The number of hydrogen-bond acceptors (Lipinski definition) is 6. The topological polar surface area (TPSA) is 106 Å². The number of rotatable bonds is 5. The lowest BCUT2D eigenvalue weighted by atomic mass is 10.0. The molecule has 2 rings (SSSR count). The van der Waals surface area contributed by atoms with Crippen LogP contribution in [0.25, 0.3) is 0 Å². The van der Waals surface area contributed by atoms with Gasteiger partial charge in [-0.15, -0.1) is 0 Å². The van der Waals surface area contributed by atoms with Gasteiger partial charge in [-0.1, -0.05) is 12.8 Å². The highest BCUT2D eigenvalue weighted by Crippen LogP contribution is 2.36. The first kappa shape index (κ1) is 17.0. The van der Waals surface area contributed by atoms with Gasteiger partial charge in [0, 0.05) is 12.8 Å². The Morgan fingerprint density at radius 1 is 1.39 bits per heavy atom. The van der Waals surface area contributed by atoms with Crippen molar-refractivity contribution in [1.29, 1.82) is 0 Å². The van der Waals surface area contributed by atoms with Gasteiger partial charge in [-0.3, -0.25) is 10.1 Å². The van der Waals surface area contributed by atoms with E-state index in [1.165, 1.54) is 19.8 Å². The standard InChI is InChI=1S/C15H22N4O4/c1-3-22-15(21)19-12(8-23-10(2)20)18-14-13(16-9-17-14)11-6-4-5-7-11/h9,11H,3-8H2,1-2H3,(H,16,17)(H,18,19,21). The van der Waals surface area contributed by atoms with Gasteiger partial charge in [0.2, 0.25) is 0 Å².